The maximum absolute atomic E-state index is 11.4. The van der Waals surface area contributed by atoms with E-state index >= 15 is 0 Å². The lowest BCUT2D eigenvalue weighted by molar-refractivity contribution is 0.687. The zero-order chi connectivity index (χ0) is 14.7. The molecular weight excluding hydrogens is 302 g/mol. The maximum Gasteiger partial charge on any atom is 0.143 e. The maximum atomic E-state index is 11.4. The zero-order valence-corrected chi connectivity index (χ0v) is 12.9. The first kappa shape index (κ1) is 14.0. The molecule has 1 atom stereocenters. The van der Waals surface area contributed by atoms with Crippen molar-refractivity contribution < 1.29 is 4.21 Å². The Morgan fingerprint density at radius 3 is 2.14 bits per heavy atom. The van der Waals surface area contributed by atoms with Gasteiger partial charge in [-0.2, -0.15) is 10.3 Å². The predicted octanol–water partition coefficient (Wildman–Crippen LogP) is 3.36. The molecule has 3 rings (SSSR count). The largest absolute Gasteiger partial charge is 0.255 e. The molecule has 0 spiro atoms. The summed E-state index contributed by atoms with van der Waals surface area (Å²) in [5.41, 5.74) is 2.25. The minimum absolute atomic E-state index is 0.844. The average molecular weight is 315 g/mol. The lowest BCUT2D eigenvalue weighted by atomic mass is 10.1. The fourth-order valence-electron chi connectivity index (χ4n) is 1.92. The van der Waals surface area contributed by atoms with E-state index in [1.807, 2.05) is 24.3 Å². The van der Waals surface area contributed by atoms with Gasteiger partial charge >= 0.3 is 0 Å². The summed E-state index contributed by atoms with van der Waals surface area (Å²) < 4.78 is 11.4. The van der Waals surface area contributed by atoms with Crippen molar-refractivity contribution in [3.63, 3.8) is 0 Å². The molecule has 1 heterocycles. The van der Waals surface area contributed by atoms with Crippen molar-refractivity contribution in [2.75, 3.05) is 6.26 Å². The molecule has 0 saturated heterocycles. The lowest BCUT2D eigenvalue weighted by Gasteiger charge is -2.04. The van der Waals surface area contributed by atoms with Gasteiger partial charge in [-0.05, 0) is 35.4 Å². The molecule has 0 aliphatic carbocycles. The first-order valence-corrected chi connectivity index (χ1v) is 8.67. The van der Waals surface area contributed by atoms with Crippen molar-refractivity contribution in [3.8, 4) is 11.1 Å². The lowest BCUT2D eigenvalue weighted by Crippen LogP contribution is -1.86. The summed E-state index contributed by atoms with van der Waals surface area (Å²) >= 11 is 1.56. The van der Waals surface area contributed by atoms with E-state index in [1.54, 1.807) is 24.2 Å². The van der Waals surface area contributed by atoms with Crippen LogP contribution in [-0.2, 0) is 10.8 Å². The summed E-state index contributed by atoms with van der Waals surface area (Å²) in [6.45, 7) is 0. The summed E-state index contributed by atoms with van der Waals surface area (Å²) in [6.07, 6.45) is 3.38. The van der Waals surface area contributed by atoms with E-state index in [-0.39, 0.29) is 0 Å². The van der Waals surface area contributed by atoms with E-state index in [1.165, 1.54) is 0 Å². The molecule has 0 bridgehead atoms. The molecule has 6 heteroatoms. The monoisotopic (exact) mass is 315 g/mol. The summed E-state index contributed by atoms with van der Waals surface area (Å²) in [4.78, 5) is 1.95. The van der Waals surface area contributed by atoms with Gasteiger partial charge in [0.1, 0.15) is 5.03 Å². The first-order chi connectivity index (χ1) is 10.2. The van der Waals surface area contributed by atoms with Gasteiger partial charge in [-0.25, -0.2) is 0 Å². The van der Waals surface area contributed by atoms with Crippen LogP contribution in [-0.4, -0.2) is 25.9 Å². The number of aromatic amines is 1. The molecule has 2 aromatic carbocycles. The summed E-state index contributed by atoms with van der Waals surface area (Å²) in [7, 11) is -0.935. The van der Waals surface area contributed by atoms with Crippen LogP contribution < -0.4 is 0 Å². The second kappa shape index (κ2) is 6.24. The average Bonchev–Trinajstić information content (AvgIpc) is 3.01. The highest BCUT2D eigenvalue weighted by atomic mass is 32.2. The highest BCUT2D eigenvalue weighted by Crippen LogP contribution is 2.28. The number of aromatic nitrogens is 3. The third-order valence-electron chi connectivity index (χ3n) is 2.99. The minimum Gasteiger partial charge on any atom is -0.255 e. The Bertz CT molecular complexity index is 738. The number of hydrogen-bond acceptors (Lipinski definition) is 4. The Balaban J connectivity index is 1.78. The Labute approximate surface area is 129 Å². The fourth-order valence-corrected chi connectivity index (χ4v) is 3.14. The Kier molecular flexibility index (Phi) is 4.17. The molecule has 1 unspecified atom stereocenters. The molecule has 106 valence electrons. The van der Waals surface area contributed by atoms with Gasteiger partial charge in [-0.3, -0.25) is 4.21 Å². The Morgan fingerprint density at radius 2 is 1.62 bits per heavy atom. The van der Waals surface area contributed by atoms with Crippen LogP contribution in [0.5, 0.6) is 0 Å². The smallest absolute Gasteiger partial charge is 0.143 e. The van der Waals surface area contributed by atoms with Crippen LogP contribution in [0.3, 0.4) is 0 Å². The van der Waals surface area contributed by atoms with Gasteiger partial charge in [0.2, 0.25) is 0 Å². The van der Waals surface area contributed by atoms with Gasteiger partial charge in [0.05, 0.1) is 6.20 Å². The number of H-pyrrole nitrogens is 1. The van der Waals surface area contributed by atoms with Gasteiger partial charge in [0.15, 0.2) is 0 Å². The molecule has 0 amide bonds. The zero-order valence-electron chi connectivity index (χ0n) is 11.3. The number of hydrogen-bond donors (Lipinski definition) is 1. The second-order valence-corrected chi connectivity index (χ2v) is 6.89. The van der Waals surface area contributed by atoms with Crippen LogP contribution in [0, 0.1) is 0 Å². The predicted molar refractivity (Wildman–Crippen MR) is 84.7 cm³/mol. The molecule has 0 fully saturated rings. The molecule has 1 N–H and O–H groups in total. The van der Waals surface area contributed by atoms with Crippen LogP contribution >= 0.6 is 11.8 Å². The third kappa shape index (κ3) is 3.40. The normalized spacial score (nSPS) is 12.2. The molecule has 4 nitrogen and oxygen atoms in total. The summed E-state index contributed by atoms with van der Waals surface area (Å²) in [5.74, 6) is 0. The minimum atomic E-state index is -0.935. The second-order valence-electron chi connectivity index (χ2n) is 4.41. The van der Waals surface area contributed by atoms with Crippen LogP contribution in [0.25, 0.3) is 11.1 Å². The van der Waals surface area contributed by atoms with Crippen molar-refractivity contribution >= 4 is 22.6 Å². The first-order valence-electron chi connectivity index (χ1n) is 6.30. The van der Waals surface area contributed by atoms with Crippen LogP contribution in [0.2, 0.25) is 0 Å². The topological polar surface area (TPSA) is 58.6 Å². The van der Waals surface area contributed by atoms with Crippen LogP contribution in [0.1, 0.15) is 0 Å². The molecular formula is C15H13N3OS2. The third-order valence-corrected chi connectivity index (χ3v) is 4.84. The fraction of sp³-hybridized carbons (Fsp3) is 0.0667. The Hall–Kier alpha value is -1.92. The highest BCUT2D eigenvalue weighted by Gasteiger charge is 2.03. The molecule has 0 aliphatic rings. The van der Waals surface area contributed by atoms with E-state index < -0.39 is 10.8 Å². The molecule has 0 radical (unpaired) electrons. The van der Waals surface area contributed by atoms with Crippen molar-refractivity contribution in [1.82, 2.24) is 15.4 Å². The number of rotatable bonds is 4. The van der Waals surface area contributed by atoms with Crippen molar-refractivity contribution in [3.05, 3.63) is 54.7 Å². The molecule has 3 aromatic rings. The van der Waals surface area contributed by atoms with Gasteiger partial charge in [-0.1, -0.05) is 36.0 Å². The number of nitrogens with zero attached hydrogens (tertiary/aromatic N) is 2. The number of nitrogens with one attached hydrogen (secondary N) is 1. The van der Waals surface area contributed by atoms with Gasteiger partial charge in [0, 0.05) is 26.8 Å². The van der Waals surface area contributed by atoms with E-state index in [0.717, 1.165) is 25.9 Å². The van der Waals surface area contributed by atoms with Crippen LogP contribution in [0.4, 0.5) is 0 Å². The van der Waals surface area contributed by atoms with E-state index in [2.05, 4.69) is 39.7 Å². The molecule has 0 saturated carbocycles. The van der Waals surface area contributed by atoms with E-state index in [4.69, 9.17) is 0 Å². The van der Waals surface area contributed by atoms with E-state index in [0.29, 0.717) is 0 Å². The highest BCUT2D eigenvalue weighted by molar-refractivity contribution is 7.99. The summed E-state index contributed by atoms with van der Waals surface area (Å²) in [5, 5.41) is 11.2. The summed E-state index contributed by atoms with van der Waals surface area (Å²) in [6, 6.07) is 16.1. The van der Waals surface area contributed by atoms with Gasteiger partial charge in [-0.15, -0.1) is 5.10 Å². The SMILES string of the molecule is CS(=O)c1ccc(-c2ccc(Sc3cn[nH]n3)cc2)cc1. The molecule has 0 aliphatic heterocycles. The number of benzene rings is 2. The van der Waals surface area contributed by atoms with Gasteiger partial charge < -0.3 is 0 Å². The molecule has 1 aromatic heterocycles. The van der Waals surface area contributed by atoms with Gasteiger partial charge in [0.25, 0.3) is 0 Å². The van der Waals surface area contributed by atoms with Crippen molar-refractivity contribution in [2.45, 2.75) is 14.8 Å². The standard InChI is InChI=1S/C15H13N3OS2/c1-21(19)14-8-4-12(5-9-14)11-2-6-13(7-3-11)20-15-10-16-18-17-15/h2-10H,1H3,(H,16,17,18). The van der Waals surface area contributed by atoms with Crippen molar-refractivity contribution in [1.29, 1.82) is 0 Å². The quantitative estimate of drug-likeness (QED) is 0.802. The van der Waals surface area contributed by atoms with Crippen LogP contribution in [0.15, 0.2) is 69.5 Å². The Morgan fingerprint density at radius 1 is 1.00 bits per heavy atom. The molecule has 21 heavy (non-hydrogen) atoms. The van der Waals surface area contributed by atoms with Crippen molar-refractivity contribution in [2.24, 2.45) is 0 Å². The van der Waals surface area contributed by atoms with E-state index in [9.17, 15) is 4.21 Å².